The van der Waals surface area contributed by atoms with Crippen molar-refractivity contribution in [2.75, 3.05) is 23.7 Å². The summed E-state index contributed by atoms with van der Waals surface area (Å²) in [6.07, 6.45) is -2.15. The molecule has 2 fully saturated rings. The van der Waals surface area contributed by atoms with Crippen molar-refractivity contribution < 1.29 is 26.7 Å². The van der Waals surface area contributed by atoms with Crippen molar-refractivity contribution in [1.82, 2.24) is 14.5 Å². The van der Waals surface area contributed by atoms with Crippen molar-refractivity contribution in [3.05, 3.63) is 63.6 Å². The third-order valence-corrected chi connectivity index (χ3v) is 10.1. The number of carbonyl (C=O) groups excluding carboxylic acids is 1. The molecule has 6 rings (SSSR count). The van der Waals surface area contributed by atoms with Gasteiger partial charge in [0.15, 0.2) is 0 Å². The van der Waals surface area contributed by atoms with Gasteiger partial charge in [0.1, 0.15) is 17.5 Å². The number of benzene rings is 2. The lowest BCUT2D eigenvalue weighted by Gasteiger charge is -2.44. The molecule has 3 aromatic rings. The van der Waals surface area contributed by atoms with Crippen molar-refractivity contribution in [1.29, 1.82) is 0 Å². The second kappa shape index (κ2) is 9.97. The SMILES string of the molecule is C=CC(=O)N1C(C)CN(c2nc(=O)n3c4c(c(-c5cc(Cl)c(F)cc5F)c(C(F)(F)F)cc24)SCC2(CC2)C3)CC1C. The summed E-state index contributed by atoms with van der Waals surface area (Å²) < 4.78 is 75.2. The number of alkyl halides is 3. The van der Waals surface area contributed by atoms with E-state index in [0.29, 0.717) is 11.8 Å². The summed E-state index contributed by atoms with van der Waals surface area (Å²) in [6, 6.07) is 1.53. The lowest BCUT2D eigenvalue weighted by atomic mass is 9.95. The van der Waals surface area contributed by atoms with E-state index in [1.54, 1.807) is 23.6 Å². The van der Waals surface area contributed by atoms with Crippen LogP contribution >= 0.6 is 23.4 Å². The predicted octanol–water partition coefficient (Wildman–Crippen LogP) is 6.51. The van der Waals surface area contributed by atoms with E-state index < -0.39 is 45.2 Å². The summed E-state index contributed by atoms with van der Waals surface area (Å²) in [4.78, 5) is 33.9. The Morgan fingerprint density at radius 1 is 1.14 bits per heavy atom. The van der Waals surface area contributed by atoms with Crippen LogP contribution in [0, 0.1) is 17.0 Å². The zero-order valence-corrected chi connectivity index (χ0v) is 24.3. The third kappa shape index (κ3) is 4.67. The Kier molecular flexibility index (Phi) is 6.88. The normalized spacial score (nSPS) is 21.5. The number of rotatable bonds is 3. The molecule has 222 valence electrons. The molecule has 2 unspecified atom stereocenters. The summed E-state index contributed by atoms with van der Waals surface area (Å²) in [6.45, 7) is 7.86. The average Bonchev–Trinajstić information content (AvgIpc) is 3.71. The van der Waals surface area contributed by atoms with Crippen LogP contribution in [0.15, 0.2) is 40.5 Å². The summed E-state index contributed by atoms with van der Waals surface area (Å²) in [5, 5.41) is -0.422. The third-order valence-electron chi connectivity index (χ3n) is 8.40. The fraction of sp³-hybridized carbons (Fsp3) is 0.414. The number of thioether (sulfide) groups is 1. The fourth-order valence-electron chi connectivity index (χ4n) is 6.25. The molecule has 2 atom stereocenters. The first-order valence-corrected chi connectivity index (χ1v) is 14.8. The lowest BCUT2D eigenvalue weighted by Crippen LogP contribution is -2.58. The number of hydrogen-bond donors (Lipinski definition) is 0. The standard InChI is InChI=1S/C29H26ClF5N4O2S/c1-4-22(40)39-14(2)10-37(11-15(39)3)26-17-7-18(29(33,34)35)23(16-8-19(30)21(32)9-20(16)31)25-24(17)38(27(41)36-26)12-28(5-6-28)13-42-25/h4,7-9,14-15H,1,5-6,10-13H2,2-3H3. The van der Waals surface area contributed by atoms with Gasteiger partial charge in [-0.25, -0.2) is 13.6 Å². The first-order chi connectivity index (χ1) is 19.7. The number of amides is 1. The summed E-state index contributed by atoms with van der Waals surface area (Å²) in [5.41, 5.74) is -2.81. The van der Waals surface area contributed by atoms with Gasteiger partial charge in [0.05, 0.1) is 16.1 Å². The molecule has 2 aromatic carbocycles. The highest BCUT2D eigenvalue weighted by atomic mass is 35.5. The van der Waals surface area contributed by atoms with Gasteiger partial charge in [-0.1, -0.05) is 18.2 Å². The van der Waals surface area contributed by atoms with E-state index in [9.17, 15) is 27.2 Å². The Morgan fingerprint density at radius 2 is 1.81 bits per heavy atom. The zero-order chi connectivity index (χ0) is 30.3. The van der Waals surface area contributed by atoms with Crippen LogP contribution in [0.4, 0.5) is 27.8 Å². The van der Waals surface area contributed by atoms with Gasteiger partial charge in [-0.15, -0.1) is 11.8 Å². The molecular formula is C29H26ClF5N4O2S. The monoisotopic (exact) mass is 624 g/mol. The zero-order valence-electron chi connectivity index (χ0n) is 22.7. The predicted molar refractivity (Wildman–Crippen MR) is 152 cm³/mol. The van der Waals surface area contributed by atoms with Gasteiger partial charge >= 0.3 is 11.9 Å². The summed E-state index contributed by atoms with van der Waals surface area (Å²) >= 11 is 7.08. The second-order valence-corrected chi connectivity index (χ2v) is 12.8. The van der Waals surface area contributed by atoms with Crippen molar-refractivity contribution in [3.8, 4) is 11.1 Å². The molecule has 1 spiro atoms. The number of carbonyl (C=O) groups is 1. The molecule has 2 aliphatic heterocycles. The van der Waals surface area contributed by atoms with E-state index in [-0.39, 0.29) is 64.7 Å². The van der Waals surface area contributed by atoms with Crippen LogP contribution in [-0.2, 0) is 17.5 Å². The van der Waals surface area contributed by atoms with Crippen LogP contribution in [0.25, 0.3) is 22.0 Å². The van der Waals surface area contributed by atoms with Gasteiger partial charge in [-0.2, -0.15) is 18.2 Å². The highest BCUT2D eigenvalue weighted by Gasteiger charge is 2.47. The Morgan fingerprint density at radius 3 is 2.40 bits per heavy atom. The highest BCUT2D eigenvalue weighted by Crippen LogP contribution is 2.56. The number of halogens is 6. The molecule has 3 heterocycles. The van der Waals surface area contributed by atoms with Crippen molar-refractivity contribution in [2.45, 2.75) is 56.4 Å². The molecule has 0 radical (unpaired) electrons. The molecule has 3 aliphatic rings. The highest BCUT2D eigenvalue weighted by molar-refractivity contribution is 7.99. The van der Waals surface area contributed by atoms with E-state index in [1.807, 2.05) is 0 Å². The molecule has 1 saturated heterocycles. The van der Waals surface area contributed by atoms with Crippen LogP contribution in [0.2, 0.25) is 5.02 Å². The molecule has 0 N–H and O–H groups in total. The van der Waals surface area contributed by atoms with Crippen molar-refractivity contribution >= 4 is 46.0 Å². The largest absolute Gasteiger partial charge is 0.417 e. The number of hydrogen-bond acceptors (Lipinski definition) is 5. The number of anilines is 1. The fourth-order valence-corrected chi connectivity index (χ4v) is 7.96. The van der Waals surface area contributed by atoms with Crippen LogP contribution < -0.4 is 10.6 Å². The van der Waals surface area contributed by atoms with Crippen LogP contribution in [0.3, 0.4) is 0 Å². The second-order valence-electron chi connectivity index (χ2n) is 11.4. The maximum Gasteiger partial charge on any atom is 0.417 e. The average molecular weight is 625 g/mol. The maximum atomic E-state index is 15.2. The van der Waals surface area contributed by atoms with Crippen LogP contribution in [0.1, 0.15) is 32.3 Å². The molecule has 42 heavy (non-hydrogen) atoms. The van der Waals surface area contributed by atoms with Gasteiger partial charge in [0.25, 0.3) is 0 Å². The maximum absolute atomic E-state index is 15.2. The van der Waals surface area contributed by atoms with E-state index in [2.05, 4.69) is 11.6 Å². The lowest BCUT2D eigenvalue weighted by molar-refractivity contribution is -0.137. The molecule has 1 aliphatic carbocycles. The van der Waals surface area contributed by atoms with Gasteiger partial charge < -0.3 is 9.80 Å². The molecular weight excluding hydrogens is 599 g/mol. The minimum Gasteiger partial charge on any atom is -0.352 e. The van der Waals surface area contributed by atoms with Gasteiger partial charge in [-0.05, 0) is 50.3 Å². The minimum atomic E-state index is -4.94. The minimum absolute atomic E-state index is 0.0684. The van der Waals surface area contributed by atoms with Crippen LogP contribution in [0.5, 0.6) is 0 Å². The Bertz CT molecular complexity index is 1710. The molecule has 1 saturated carbocycles. The topological polar surface area (TPSA) is 58.4 Å². The van der Waals surface area contributed by atoms with E-state index >= 15 is 4.39 Å². The Labute approximate surface area is 247 Å². The molecule has 6 nitrogen and oxygen atoms in total. The number of aromatic nitrogens is 2. The first-order valence-electron chi connectivity index (χ1n) is 13.4. The van der Waals surface area contributed by atoms with Crippen molar-refractivity contribution in [3.63, 3.8) is 0 Å². The number of piperazine rings is 1. The smallest absolute Gasteiger partial charge is 0.352 e. The van der Waals surface area contributed by atoms with E-state index in [1.165, 1.54) is 10.6 Å². The number of nitrogens with zero attached hydrogens (tertiary/aromatic N) is 4. The van der Waals surface area contributed by atoms with Gasteiger partial charge in [0, 0.05) is 64.9 Å². The quantitative estimate of drug-likeness (QED) is 0.189. The van der Waals surface area contributed by atoms with Crippen LogP contribution in [-0.4, -0.2) is 51.3 Å². The Hall–Kier alpha value is -3.12. The van der Waals surface area contributed by atoms with E-state index in [4.69, 9.17) is 11.6 Å². The van der Waals surface area contributed by atoms with E-state index in [0.717, 1.165) is 36.7 Å². The Balaban J connectivity index is 1.66. The van der Waals surface area contributed by atoms with Crippen molar-refractivity contribution in [2.24, 2.45) is 5.41 Å². The summed E-state index contributed by atoms with van der Waals surface area (Å²) in [5.74, 6) is -2.08. The first kappa shape index (κ1) is 29.0. The molecule has 0 bridgehead atoms. The molecule has 1 amide bonds. The molecule has 1 aromatic heterocycles. The van der Waals surface area contributed by atoms with Gasteiger partial charge in [-0.3, -0.25) is 9.36 Å². The van der Waals surface area contributed by atoms with Gasteiger partial charge in [0.2, 0.25) is 5.91 Å². The molecule has 13 heteroatoms. The summed E-state index contributed by atoms with van der Waals surface area (Å²) in [7, 11) is 0.